The number of hydrogen-bond donors (Lipinski definition) is 2. The maximum absolute atomic E-state index is 11.0. The fourth-order valence-corrected chi connectivity index (χ4v) is 2.03. The molecule has 0 spiro atoms. The molecule has 0 saturated carbocycles. The minimum atomic E-state index is -4.26. The maximum atomic E-state index is 11.0. The second-order valence-corrected chi connectivity index (χ2v) is 4.64. The number of hydrogen-bond acceptors (Lipinski definition) is 4. The van der Waals surface area contributed by atoms with Crippen LogP contribution >= 0.6 is 0 Å². The van der Waals surface area contributed by atoms with Gasteiger partial charge in [0.25, 0.3) is 10.1 Å². The lowest BCUT2D eigenvalue weighted by Gasteiger charge is -2.11. The molecule has 0 aliphatic rings. The van der Waals surface area contributed by atoms with Crippen molar-refractivity contribution in [3.05, 3.63) is 36.4 Å². The lowest BCUT2D eigenvalue weighted by molar-refractivity contribution is 0.373. The molecule has 88 valence electrons. The lowest BCUT2D eigenvalue weighted by atomic mass is 10.1. The Kier molecular flexibility index (Phi) is 3.56. The molecule has 0 bridgehead atoms. The highest BCUT2D eigenvalue weighted by molar-refractivity contribution is 7.86. The van der Waals surface area contributed by atoms with Crippen LogP contribution in [-0.2, 0) is 10.1 Å². The number of rotatable bonds is 4. The summed E-state index contributed by atoms with van der Waals surface area (Å²) in [5.74, 6) is 0.0254. The molecule has 1 aromatic rings. The van der Waals surface area contributed by atoms with Crippen molar-refractivity contribution in [1.82, 2.24) is 0 Å². The SMILES string of the molecule is C=C[C@@H](c1ccc(O)c(OC)c1)S(=O)(=O)O. The van der Waals surface area contributed by atoms with E-state index in [1.165, 1.54) is 25.3 Å². The molecule has 1 rings (SSSR count). The first kappa shape index (κ1) is 12.5. The molecular formula is C10H12O5S. The van der Waals surface area contributed by atoms with E-state index in [9.17, 15) is 13.5 Å². The summed E-state index contributed by atoms with van der Waals surface area (Å²) in [5, 5.41) is 8.10. The summed E-state index contributed by atoms with van der Waals surface area (Å²) in [7, 11) is -2.92. The van der Waals surface area contributed by atoms with Crippen molar-refractivity contribution in [2.24, 2.45) is 0 Å². The molecule has 0 aliphatic carbocycles. The molecule has 0 aromatic heterocycles. The number of methoxy groups -OCH3 is 1. The fourth-order valence-electron chi connectivity index (χ4n) is 1.30. The predicted octanol–water partition coefficient (Wildman–Crippen LogP) is 1.52. The van der Waals surface area contributed by atoms with Crippen molar-refractivity contribution in [1.29, 1.82) is 0 Å². The molecular weight excluding hydrogens is 232 g/mol. The Labute approximate surface area is 93.7 Å². The Hall–Kier alpha value is -1.53. The van der Waals surface area contributed by atoms with E-state index in [2.05, 4.69) is 6.58 Å². The Morgan fingerprint density at radius 3 is 2.56 bits per heavy atom. The molecule has 6 heteroatoms. The van der Waals surface area contributed by atoms with Crippen LogP contribution in [0.25, 0.3) is 0 Å². The van der Waals surface area contributed by atoms with Gasteiger partial charge in [-0.15, -0.1) is 6.58 Å². The monoisotopic (exact) mass is 244 g/mol. The van der Waals surface area contributed by atoms with E-state index in [-0.39, 0.29) is 17.1 Å². The van der Waals surface area contributed by atoms with E-state index in [0.29, 0.717) is 0 Å². The highest BCUT2D eigenvalue weighted by Crippen LogP contribution is 2.31. The first-order chi connectivity index (χ1) is 7.40. The zero-order chi connectivity index (χ0) is 12.3. The first-order valence-corrected chi connectivity index (χ1v) is 5.86. The minimum absolute atomic E-state index is 0.107. The molecule has 0 aliphatic heterocycles. The molecule has 2 N–H and O–H groups in total. The second kappa shape index (κ2) is 4.54. The Morgan fingerprint density at radius 2 is 2.12 bits per heavy atom. The molecule has 1 atom stereocenters. The van der Waals surface area contributed by atoms with Crippen LogP contribution in [0.15, 0.2) is 30.9 Å². The Morgan fingerprint density at radius 1 is 1.50 bits per heavy atom. The smallest absolute Gasteiger partial charge is 0.275 e. The van der Waals surface area contributed by atoms with Crippen LogP contribution in [0, 0.1) is 0 Å². The van der Waals surface area contributed by atoms with Crippen molar-refractivity contribution in [3.8, 4) is 11.5 Å². The molecule has 0 amide bonds. The molecule has 0 heterocycles. The van der Waals surface area contributed by atoms with Crippen LogP contribution in [0.1, 0.15) is 10.8 Å². The van der Waals surface area contributed by atoms with Gasteiger partial charge in [-0.1, -0.05) is 12.1 Å². The lowest BCUT2D eigenvalue weighted by Crippen LogP contribution is -2.09. The second-order valence-electron chi connectivity index (χ2n) is 3.10. The highest BCUT2D eigenvalue weighted by atomic mass is 32.2. The molecule has 5 nitrogen and oxygen atoms in total. The zero-order valence-electron chi connectivity index (χ0n) is 8.62. The summed E-state index contributed by atoms with van der Waals surface area (Å²) >= 11 is 0. The van der Waals surface area contributed by atoms with Crippen LogP contribution in [0.2, 0.25) is 0 Å². The highest BCUT2D eigenvalue weighted by Gasteiger charge is 2.22. The topological polar surface area (TPSA) is 83.8 Å². The van der Waals surface area contributed by atoms with E-state index in [1.807, 2.05) is 0 Å². The summed E-state index contributed by atoms with van der Waals surface area (Å²) in [6, 6.07) is 3.99. The predicted molar refractivity (Wildman–Crippen MR) is 59.1 cm³/mol. The van der Waals surface area contributed by atoms with Crippen LogP contribution in [0.5, 0.6) is 11.5 Å². The van der Waals surface area contributed by atoms with Gasteiger partial charge in [0, 0.05) is 0 Å². The van der Waals surface area contributed by atoms with Gasteiger partial charge in [-0.2, -0.15) is 8.42 Å². The third kappa shape index (κ3) is 2.53. The van der Waals surface area contributed by atoms with Crippen LogP contribution in [0.4, 0.5) is 0 Å². The van der Waals surface area contributed by atoms with Gasteiger partial charge in [-0.25, -0.2) is 0 Å². The standard InChI is InChI=1S/C10H12O5S/c1-3-10(16(12,13)14)7-4-5-8(11)9(6-7)15-2/h3-6,10-11H,1H2,2H3,(H,12,13,14)/t10-/m0/s1. The van der Waals surface area contributed by atoms with E-state index >= 15 is 0 Å². The van der Waals surface area contributed by atoms with Gasteiger partial charge in [0.1, 0.15) is 5.25 Å². The zero-order valence-corrected chi connectivity index (χ0v) is 9.44. The molecule has 0 unspecified atom stereocenters. The average Bonchev–Trinajstić information content (AvgIpc) is 2.19. The van der Waals surface area contributed by atoms with Crippen molar-refractivity contribution in [2.45, 2.75) is 5.25 Å². The minimum Gasteiger partial charge on any atom is -0.504 e. The van der Waals surface area contributed by atoms with E-state index in [1.54, 1.807) is 0 Å². The van der Waals surface area contributed by atoms with Gasteiger partial charge in [0.05, 0.1) is 7.11 Å². The molecule has 16 heavy (non-hydrogen) atoms. The molecule has 1 aromatic carbocycles. The number of phenols is 1. The average molecular weight is 244 g/mol. The maximum Gasteiger partial charge on any atom is 0.275 e. The van der Waals surface area contributed by atoms with Gasteiger partial charge in [0.2, 0.25) is 0 Å². The van der Waals surface area contributed by atoms with Crippen LogP contribution in [-0.4, -0.2) is 25.2 Å². The van der Waals surface area contributed by atoms with Crippen molar-refractivity contribution in [3.63, 3.8) is 0 Å². The van der Waals surface area contributed by atoms with Crippen LogP contribution < -0.4 is 4.74 Å². The van der Waals surface area contributed by atoms with E-state index in [0.717, 1.165) is 6.08 Å². The Bertz CT molecular complexity index is 492. The summed E-state index contributed by atoms with van der Waals surface area (Å²) in [5.41, 5.74) is 0.271. The van der Waals surface area contributed by atoms with Crippen molar-refractivity contribution >= 4 is 10.1 Å². The fraction of sp³-hybridized carbons (Fsp3) is 0.200. The van der Waals surface area contributed by atoms with Gasteiger partial charge >= 0.3 is 0 Å². The normalized spacial score (nSPS) is 13.1. The van der Waals surface area contributed by atoms with E-state index < -0.39 is 15.4 Å². The number of phenolic OH excluding ortho intramolecular Hbond substituents is 1. The summed E-state index contributed by atoms with van der Waals surface area (Å²) in [6.07, 6.45) is 1.10. The van der Waals surface area contributed by atoms with Gasteiger partial charge in [0.15, 0.2) is 11.5 Å². The Balaban J connectivity index is 3.27. The number of aromatic hydroxyl groups is 1. The van der Waals surface area contributed by atoms with Gasteiger partial charge in [-0.3, -0.25) is 4.55 Å². The number of ether oxygens (including phenoxy) is 1. The molecule has 0 radical (unpaired) electrons. The third-order valence-electron chi connectivity index (χ3n) is 2.07. The summed E-state index contributed by atoms with van der Waals surface area (Å²) in [6.45, 7) is 3.34. The number of benzene rings is 1. The van der Waals surface area contributed by atoms with Crippen molar-refractivity contribution in [2.75, 3.05) is 7.11 Å². The van der Waals surface area contributed by atoms with E-state index in [4.69, 9.17) is 9.29 Å². The largest absolute Gasteiger partial charge is 0.504 e. The van der Waals surface area contributed by atoms with Gasteiger partial charge < -0.3 is 9.84 Å². The summed E-state index contributed by atoms with van der Waals surface area (Å²) in [4.78, 5) is 0. The van der Waals surface area contributed by atoms with Gasteiger partial charge in [-0.05, 0) is 17.7 Å². The quantitative estimate of drug-likeness (QED) is 0.619. The first-order valence-electron chi connectivity index (χ1n) is 4.36. The molecule has 0 fully saturated rings. The third-order valence-corrected chi connectivity index (χ3v) is 3.17. The summed E-state index contributed by atoms with van der Waals surface area (Å²) < 4.78 is 35.9. The molecule has 0 saturated heterocycles. The van der Waals surface area contributed by atoms with Crippen LogP contribution in [0.3, 0.4) is 0 Å². The van der Waals surface area contributed by atoms with Crippen molar-refractivity contribution < 1.29 is 22.8 Å².